The molecular weight excluding hydrogens is 262 g/mol. The van der Waals surface area contributed by atoms with Crippen LogP contribution in [0.4, 0.5) is 0 Å². The van der Waals surface area contributed by atoms with Gasteiger partial charge in [-0.25, -0.2) is 4.98 Å². The summed E-state index contributed by atoms with van der Waals surface area (Å²) in [5.74, 6) is 0.817. The molecule has 3 rings (SSSR count). The predicted octanol–water partition coefficient (Wildman–Crippen LogP) is 2.78. The second kappa shape index (κ2) is 6.38. The number of pyridine rings is 1. The second-order valence-electron chi connectivity index (χ2n) is 5.21. The minimum absolute atomic E-state index is 0.357. The van der Waals surface area contributed by atoms with E-state index in [1.54, 1.807) is 6.20 Å². The Morgan fingerprint density at radius 3 is 3.00 bits per heavy atom. The molecular formula is C17H17N3O. The molecule has 0 amide bonds. The highest BCUT2D eigenvalue weighted by Crippen LogP contribution is 2.20. The van der Waals surface area contributed by atoms with Gasteiger partial charge in [0.25, 0.3) is 0 Å². The summed E-state index contributed by atoms with van der Waals surface area (Å²) < 4.78 is 5.78. The van der Waals surface area contributed by atoms with Crippen molar-refractivity contribution in [3.05, 3.63) is 59.4 Å². The van der Waals surface area contributed by atoms with Crippen LogP contribution in [-0.2, 0) is 13.2 Å². The van der Waals surface area contributed by atoms with Crippen molar-refractivity contribution >= 4 is 0 Å². The van der Waals surface area contributed by atoms with Gasteiger partial charge in [-0.1, -0.05) is 18.2 Å². The predicted molar refractivity (Wildman–Crippen MR) is 79.6 cm³/mol. The van der Waals surface area contributed by atoms with E-state index in [0.29, 0.717) is 18.3 Å². The lowest BCUT2D eigenvalue weighted by Gasteiger charge is -2.09. The Balaban J connectivity index is 1.61. The van der Waals surface area contributed by atoms with Gasteiger partial charge >= 0.3 is 0 Å². The topological polar surface area (TPSA) is 57.9 Å². The van der Waals surface area contributed by atoms with Crippen LogP contribution in [0.1, 0.15) is 29.7 Å². The summed E-state index contributed by atoms with van der Waals surface area (Å²) in [6.07, 6.45) is 4.19. The van der Waals surface area contributed by atoms with Gasteiger partial charge in [-0.3, -0.25) is 0 Å². The van der Waals surface area contributed by atoms with E-state index < -0.39 is 0 Å². The smallest absolute Gasteiger partial charge is 0.147 e. The molecule has 0 saturated heterocycles. The summed E-state index contributed by atoms with van der Waals surface area (Å²) in [7, 11) is 0. The van der Waals surface area contributed by atoms with Crippen LogP contribution in [0.25, 0.3) is 0 Å². The second-order valence-corrected chi connectivity index (χ2v) is 5.21. The van der Waals surface area contributed by atoms with Crippen molar-refractivity contribution in [3.63, 3.8) is 0 Å². The van der Waals surface area contributed by atoms with E-state index in [4.69, 9.17) is 10.00 Å². The summed E-state index contributed by atoms with van der Waals surface area (Å²) in [6.45, 7) is 1.23. The van der Waals surface area contributed by atoms with Gasteiger partial charge in [0.15, 0.2) is 0 Å². The minimum Gasteiger partial charge on any atom is -0.489 e. The first kappa shape index (κ1) is 13.6. The lowest BCUT2D eigenvalue weighted by Crippen LogP contribution is -2.15. The normalized spacial score (nSPS) is 13.7. The number of aromatic nitrogens is 1. The third-order valence-corrected chi connectivity index (χ3v) is 3.46. The molecule has 1 fully saturated rings. The molecule has 1 aromatic heterocycles. The van der Waals surface area contributed by atoms with E-state index in [9.17, 15) is 0 Å². The van der Waals surface area contributed by atoms with Crippen LogP contribution in [0.2, 0.25) is 0 Å². The summed E-state index contributed by atoms with van der Waals surface area (Å²) in [6, 6.07) is 14.5. The number of nitrogens with one attached hydrogen (secondary N) is 1. The molecule has 0 radical (unpaired) electrons. The molecule has 106 valence electrons. The zero-order chi connectivity index (χ0) is 14.5. The van der Waals surface area contributed by atoms with E-state index in [2.05, 4.69) is 22.4 Å². The molecule has 0 spiro atoms. The van der Waals surface area contributed by atoms with Crippen molar-refractivity contribution in [2.24, 2.45) is 0 Å². The molecule has 21 heavy (non-hydrogen) atoms. The Labute approximate surface area is 124 Å². The fourth-order valence-electron chi connectivity index (χ4n) is 2.11. The highest BCUT2D eigenvalue weighted by molar-refractivity contribution is 5.32. The fourth-order valence-corrected chi connectivity index (χ4v) is 2.11. The molecule has 1 aliphatic carbocycles. The maximum atomic E-state index is 9.01. The van der Waals surface area contributed by atoms with E-state index in [1.807, 2.05) is 30.3 Å². The van der Waals surface area contributed by atoms with Crippen molar-refractivity contribution in [1.29, 1.82) is 5.26 Å². The Bertz CT molecular complexity index is 659. The van der Waals surface area contributed by atoms with Crippen molar-refractivity contribution < 1.29 is 4.74 Å². The highest BCUT2D eigenvalue weighted by Gasteiger charge is 2.19. The van der Waals surface area contributed by atoms with Crippen LogP contribution in [0.3, 0.4) is 0 Å². The maximum Gasteiger partial charge on any atom is 0.147 e. The van der Waals surface area contributed by atoms with Gasteiger partial charge in [-0.05, 0) is 36.6 Å². The number of hydrogen-bond donors (Lipinski definition) is 1. The van der Waals surface area contributed by atoms with Gasteiger partial charge in [0.1, 0.15) is 24.1 Å². The Morgan fingerprint density at radius 1 is 1.29 bits per heavy atom. The zero-order valence-corrected chi connectivity index (χ0v) is 11.7. The first-order valence-electron chi connectivity index (χ1n) is 7.14. The SMILES string of the molecule is N#Cc1ncccc1COc1cccc(CNC2CC2)c1. The molecule has 0 unspecified atom stereocenters. The molecule has 2 aromatic rings. The standard InChI is InChI=1S/C17H17N3O/c18-10-17-14(4-2-8-19-17)12-21-16-5-1-3-13(9-16)11-20-15-6-7-15/h1-5,8-9,15,20H,6-7,11-12H2. The largest absolute Gasteiger partial charge is 0.489 e. The summed E-state index contributed by atoms with van der Waals surface area (Å²) in [4.78, 5) is 4.03. The lowest BCUT2D eigenvalue weighted by atomic mass is 10.2. The number of nitrogens with zero attached hydrogens (tertiary/aromatic N) is 2. The van der Waals surface area contributed by atoms with E-state index in [1.165, 1.54) is 18.4 Å². The molecule has 0 aliphatic heterocycles. The third kappa shape index (κ3) is 3.80. The average molecular weight is 279 g/mol. The highest BCUT2D eigenvalue weighted by atomic mass is 16.5. The number of nitriles is 1. The quantitative estimate of drug-likeness (QED) is 0.883. The zero-order valence-electron chi connectivity index (χ0n) is 11.7. The monoisotopic (exact) mass is 279 g/mol. The van der Waals surface area contributed by atoms with Crippen molar-refractivity contribution in [2.75, 3.05) is 0 Å². The van der Waals surface area contributed by atoms with Crippen molar-refractivity contribution in [3.8, 4) is 11.8 Å². The van der Waals surface area contributed by atoms with E-state index in [0.717, 1.165) is 17.9 Å². The van der Waals surface area contributed by atoms with Gasteiger partial charge < -0.3 is 10.1 Å². The number of hydrogen-bond acceptors (Lipinski definition) is 4. The Kier molecular flexibility index (Phi) is 4.13. The van der Waals surface area contributed by atoms with Crippen LogP contribution in [0.15, 0.2) is 42.6 Å². The average Bonchev–Trinajstić information content (AvgIpc) is 3.36. The molecule has 0 atom stereocenters. The van der Waals surface area contributed by atoms with Gasteiger partial charge in [0, 0.05) is 24.3 Å². The first-order chi connectivity index (χ1) is 10.3. The maximum absolute atomic E-state index is 9.01. The number of rotatable bonds is 6. The third-order valence-electron chi connectivity index (χ3n) is 3.46. The molecule has 1 N–H and O–H groups in total. The molecule has 1 aromatic carbocycles. The van der Waals surface area contributed by atoms with Gasteiger partial charge in [-0.2, -0.15) is 5.26 Å². The molecule has 1 saturated carbocycles. The summed E-state index contributed by atoms with van der Waals surface area (Å²) in [5.41, 5.74) is 2.44. The van der Waals surface area contributed by atoms with Crippen molar-refractivity contribution in [2.45, 2.75) is 32.0 Å². The molecule has 4 heteroatoms. The minimum atomic E-state index is 0.357. The van der Waals surface area contributed by atoms with Crippen LogP contribution in [0.5, 0.6) is 5.75 Å². The lowest BCUT2D eigenvalue weighted by molar-refractivity contribution is 0.305. The summed E-state index contributed by atoms with van der Waals surface area (Å²) >= 11 is 0. The van der Waals surface area contributed by atoms with E-state index >= 15 is 0 Å². The van der Waals surface area contributed by atoms with Gasteiger partial charge in [0.2, 0.25) is 0 Å². The van der Waals surface area contributed by atoms with Crippen LogP contribution < -0.4 is 10.1 Å². The van der Waals surface area contributed by atoms with Crippen molar-refractivity contribution in [1.82, 2.24) is 10.3 Å². The van der Waals surface area contributed by atoms with Crippen LogP contribution in [0, 0.1) is 11.3 Å². The molecule has 1 heterocycles. The van der Waals surface area contributed by atoms with Gasteiger partial charge in [0.05, 0.1) is 0 Å². The van der Waals surface area contributed by atoms with Crippen LogP contribution >= 0.6 is 0 Å². The number of benzene rings is 1. The first-order valence-corrected chi connectivity index (χ1v) is 7.14. The molecule has 4 nitrogen and oxygen atoms in total. The Morgan fingerprint density at radius 2 is 2.19 bits per heavy atom. The van der Waals surface area contributed by atoms with Gasteiger partial charge in [-0.15, -0.1) is 0 Å². The number of ether oxygens (including phenoxy) is 1. The van der Waals surface area contributed by atoms with Crippen LogP contribution in [-0.4, -0.2) is 11.0 Å². The molecule has 1 aliphatic rings. The molecule has 0 bridgehead atoms. The summed E-state index contributed by atoms with van der Waals surface area (Å²) in [5, 5.41) is 12.5. The fraction of sp³-hybridized carbons (Fsp3) is 0.294. The van der Waals surface area contributed by atoms with E-state index in [-0.39, 0.29) is 0 Å². The Hall–Kier alpha value is -2.38.